The minimum absolute atomic E-state index is 0.0653. The molecule has 4 rings (SSSR count). The van der Waals surface area contributed by atoms with Gasteiger partial charge in [0.05, 0.1) is 20.3 Å². The van der Waals surface area contributed by atoms with E-state index in [4.69, 9.17) is 28.4 Å². The Balaban J connectivity index is 1.50. The first-order valence-corrected chi connectivity index (χ1v) is 13.1. The Labute approximate surface area is 244 Å². The molecule has 0 radical (unpaired) electrons. The summed E-state index contributed by atoms with van der Waals surface area (Å²) >= 11 is 0. The number of esters is 1. The SMILES string of the molecule is COc1c(O[C@@H]2O[C@@H](CO)[C@H](O)[C@@H](O)[C@@H]2O)ccc(O)c1C(=O)OCc1ccccc1O[C@@H]1O[C@H](CO)[C@H](O)[C@@H](O)[C@H]1O. The molecule has 238 valence electrons. The van der Waals surface area contributed by atoms with Crippen LogP contribution in [0.4, 0.5) is 0 Å². The van der Waals surface area contributed by atoms with Crippen molar-refractivity contribution in [3.63, 3.8) is 0 Å². The number of carbonyl (C=O) groups is 1. The molecule has 10 atom stereocenters. The highest BCUT2D eigenvalue weighted by Crippen LogP contribution is 2.39. The van der Waals surface area contributed by atoms with Gasteiger partial charge in [-0.05, 0) is 18.2 Å². The molecule has 2 saturated heterocycles. The fourth-order valence-corrected chi connectivity index (χ4v) is 4.58. The summed E-state index contributed by atoms with van der Waals surface area (Å²) in [6, 6.07) is 8.40. The quantitative estimate of drug-likeness (QED) is 0.122. The molecule has 0 amide bonds. The van der Waals surface area contributed by atoms with Crippen LogP contribution in [-0.4, -0.2) is 134 Å². The number of rotatable bonds is 10. The van der Waals surface area contributed by atoms with Crippen molar-refractivity contribution >= 4 is 5.97 Å². The smallest absolute Gasteiger partial charge is 0.346 e. The van der Waals surface area contributed by atoms with Crippen molar-refractivity contribution in [2.75, 3.05) is 20.3 Å². The van der Waals surface area contributed by atoms with Crippen LogP contribution in [0.5, 0.6) is 23.0 Å². The van der Waals surface area contributed by atoms with Crippen molar-refractivity contribution in [3.8, 4) is 23.0 Å². The van der Waals surface area contributed by atoms with E-state index in [0.29, 0.717) is 0 Å². The van der Waals surface area contributed by atoms with Gasteiger partial charge in [0.15, 0.2) is 11.5 Å². The number of carbonyl (C=O) groups excluding carboxylic acids is 1. The Hall–Kier alpha value is -3.29. The molecule has 2 aliphatic heterocycles. The second-order valence-corrected chi connectivity index (χ2v) is 9.81. The van der Waals surface area contributed by atoms with Crippen molar-refractivity contribution < 1.29 is 79.2 Å². The molecule has 9 N–H and O–H groups in total. The van der Waals surface area contributed by atoms with Crippen molar-refractivity contribution in [3.05, 3.63) is 47.5 Å². The number of ether oxygens (including phenoxy) is 6. The zero-order valence-corrected chi connectivity index (χ0v) is 22.7. The third-order valence-corrected chi connectivity index (χ3v) is 7.02. The standard InChI is InChI=1S/C27H34O16/c1-38-24-14(41-27-23(36)21(34)19(32)16(9-29)43-27)7-6-12(30)17(24)25(37)39-10-11-4-2-3-5-13(11)40-26-22(35)20(33)18(31)15(8-28)42-26/h2-7,15-16,18-23,26-36H,8-10H2,1H3/t15-,16+,18+,19+,20-,21-,22-,23+,26-,27-/m1/s1. The number of methoxy groups -OCH3 is 1. The summed E-state index contributed by atoms with van der Waals surface area (Å²) in [5.41, 5.74) is -0.211. The van der Waals surface area contributed by atoms with Crippen LogP contribution in [0.2, 0.25) is 0 Å². The highest BCUT2D eigenvalue weighted by Gasteiger charge is 2.46. The van der Waals surface area contributed by atoms with Crippen LogP contribution in [0.3, 0.4) is 0 Å². The van der Waals surface area contributed by atoms with E-state index in [9.17, 15) is 50.8 Å². The number of hydrogen-bond donors (Lipinski definition) is 9. The van der Waals surface area contributed by atoms with Gasteiger partial charge >= 0.3 is 5.97 Å². The maximum atomic E-state index is 13.1. The lowest BCUT2D eigenvalue weighted by atomic mass is 9.99. The van der Waals surface area contributed by atoms with Gasteiger partial charge in [-0.25, -0.2) is 4.79 Å². The molecule has 2 aromatic carbocycles. The monoisotopic (exact) mass is 614 g/mol. The molecule has 2 aliphatic rings. The van der Waals surface area contributed by atoms with Crippen molar-refractivity contribution in [1.29, 1.82) is 0 Å². The summed E-state index contributed by atoms with van der Waals surface area (Å²) in [6.07, 6.45) is -15.6. The van der Waals surface area contributed by atoms with Crippen LogP contribution in [0.25, 0.3) is 0 Å². The fourth-order valence-electron chi connectivity index (χ4n) is 4.58. The molecule has 43 heavy (non-hydrogen) atoms. The number of phenolic OH excluding ortho intramolecular Hbond substituents is 1. The van der Waals surface area contributed by atoms with Crippen LogP contribution in [0.15, 0.2) is 36.4 Å². The summed E-state index contributed by atoms with van der Waals surface area (Å²) in [6.45, 7) is -1.79. The number of aromatic hydroxyl groups is 1. The zero-order valence-electron chi connectivity index (χ0n) is 22.7. The maximum Gasteiger partial charge on any atom is 0.346 e. The predicted octanol–water partition coefficient (Wildman–Crippen LogP) is -2.88. The molecule has 0 aromatic heterocycles. The molecule has 2 aromatic rings. The number of benzene rings is 2. The molecule has 2 heterocycles. The van der Waals surface area contributed by atoms with E-state index < -0.39 is 98.5 Å². The van der Waals surface area contributed by atoms with Crippen LogP contribution >= 0.6 is 0 Å². The Morgan fingerprint density at radius 1 is 0.744 bits per heavy atom. The van der Waals surface area contributed by atoms with E-state index in [1.54, 1.807) is 12.1 Å². The van der Waals surface area contributed by atoms with E-state index in [2.05, 4.69) is 0 Å². The van der Waals surface area contributed by atoms with Gasteiger partial charge in [0.25, 0.3) is 0 Å². The summed E-state index contributed by atoms with van der Waals surface area (Å²) < 4.78 is 32.6. The van der Waals surface area contributed by atoms with Crippen LogP contribution < -0.4 is 14.2 Å². The van der Waals surface area contributed by atoms with Gasteiger partial charge < -0.3 is 74.4 Å². The van der Waals surface area contributed by atoms with Gasteiger partial charge in [-0.3, -0.25) is 0 Å². The maximum absolute atomic E-state index is 13.1. The molecular weight excluding hydrogens is 580 g/mol. The Morgan fingerprint density at radius 3 is 1.81 bits per heavy atom. The predicted molar refractivity (Wildman–Crippen MR) is 139 cm³/mol. The first kappa shape index (κ1) is 32.6. The lowest BCUT2D eigenvalue weighted by Gasteiger charge is -2.39. The molecule has 0 aliphatic carbocycles. The Morgan fingerprint density at radius 2 is 1.28 bits per heavy atom. The largest absolute Gasteiger partial charge is 0.507 e. The normalized spacial score (nSPS) is 32.6. The number of phenols is 1. The summed E-state index contributed by atoms with van der Waals surface area (Å²) in [5.74, 6) is -2.13. The van der Waals surface area contributed by atoms with Crippen LogP contribution in [0.1, 0.15) is 15.9 Å². The number of aliphatic hydroxyl groups excluding tert-OH is 8. The average molecular weight is 615 g/mol. The lowest BCUT2D eigenvalue weighted by Crippen LogP contribution is -2.60. The van der Waals surface area contributed by atoms with Crippen molar-refractivity contribution in [1.82, 2.24) is 0 Å². The van der Waals surface area contributed by atoms with Gasteiger partial charge in [0, 0.05) is 5.56 Å². The van der Waals surface area contributed by atoms with Gasteiger partial charge in [-0.2, -0.15) is 0 Å². The van der Waals surface area contributed by atoms with Crippen LogP contribution in [-0.2, 0) is 20.8 Å². The van der Waals surface area contributed by atoms with Crippen LogP contribution in [0, 0.1) is 0 Å². The number of para-hydroxylation sites is 1. The Bertz CT molecular complexity index is 1240. The van der Waals surface area contributed by atoms with Crippen molar-refractivity contribution in [2.45, 2.75) is 68.0 Å². The third kappa shape index (κ3) is 6.78. The second kappa shape index (κ2) is 14.0. The lowest BCUT2D eigenvalue weighted by molar-refractivity contribution is -0.277. The minimum Gasteiger partial charge on any atom is -0.507 e. The van der Waals surface area contributed by atoms with E-state index >= 15 is 0 Å². The average Bonchev–Trinajstić information content (AvgIpc) is 3.01. The molecular formula is C27H34O16. The van der Waals surface area contributed by atoms with Gasteiger partial charge in [-0.15, -0.1) is 0 Å². The molecule has 0 saturated carbocycles. The highest BCUT2D eigenvalue weighted by atomic mass is 16.7. The first-order valence-electron chi connectivity index (χ1n) is 13.1. The van der Waals surface area contributed by atoms with E-state index in [0.717, 1.165) is 13.2 Å². The van der Waals surface area contributed by atoms with Gasteiger partial charge in [0.1, 0.15) is 72.5 Å². The first-order chi connectivity index (χ1) is 20.5. The molecule has 0 bridgehead atoms. The minimum atomic E-state index is -1.76. The topological polar surface area (TPSA) is 255 Å². The fraction of sp³-hybridized carbons (Fsp3) is 0.519. The van der Waals surface area contributed by atoms with Gasteiger partial charge in [0.2, 0.25) is 12.6 Å². The molecule has 16 nitrogen and oxygen atoms in total. The van der Waals surface area contributed by atoms with E-state index in [-0.39, 0.29) is 22.8 Å². The van der Waals surface area contributed by atoms with Crippen molar-refractivity contribution in [2.24, 2.45) is 0 Å². The van der Waals surface area contributed by atoms with E-state index in [1.165, 1.54) is 18.2 Å². The number of hydrogen-bond acceptors (Lipinski definition) is 16. The highest BCUT2D eigenvalue weighted by molar-refractivity contribution is 5.96. The Kier molecular flexibility index (Phi) is 10.6. The molecule has 2 fully saturated rings. The zero-order chi connectivity index (χ0) is 31.4. The molecule has 0 spiro atoms. The second-order valence-electron chi connectivity index (χ2n) is 9.81. The summed E-state index contributed by atoms with van der Waals surface area (Å²) in [7, 11) is 1.16. The molecule has 0 unspecified atom stereocenters. The van der Waals surface area contributed by atoms with Gasteiger partial charge in [-0.1, -0.05) is 18.2 Å². The molecule has 16 heteroatoms. The number of aliphatic hydroxyl groups is 8. The summed E-state index contributed by atoms with van der Waals surface area (Å²) in [5, 5.41) is 90.0. The van der Waals surface area contributed by atoms with E-state index in [1.807, 2.05) is 0 Å². The third-order valence-electron chi connectivity index (χ3n) is 7.02. The summed E-state index contributed by atoms with van der Waals surface area (Å²) in [4.78, 5) is 13.1.